The van der Waals surface area contributed by atoms with Crippen molar-refractivity contribution in [1.29, 1.82) is 10.5 Å². The van der Waals surface area contributed by atoms with Crippen molar-refractivity contribution in [3.8, 4) is 12.1 Å². The van der Waals surface area contributed by atoms with Crippen LogP contribution in [0.3, 0.4) is 0 Å². The Labute approximate surface area is 89.5 Å². The molecule has 3 heteroatoms. The first-order valence-corrected chi connectivity index (χ1v) is 4.46. The summed E-state index contributed by atoms with van der Waals surface area (Å²) in [6, 6.07) is 11.1. The summed E-state index contributed by atoms with van der Waals surface area (Å²) >= 11 is 0. The van der Waals surface area contributed by atoms with Crippen LogP contribution < -0.4 is 0 Å². The van der Waals surface area contributed by atoms with Gasteiger partial charge in [0.25, 0.3) is 0 Å². The molecule has 3 nitrogen and oxygen atoms in total. The van der Waals surface area contributed by atoms with E-state index in [4.69, 9.17) is 10.5 Å². The van der Waals surface area contributed by atoms with E-state index in [1.165, 1.54) is 0 Å². The smallest absolute Gasteiger partial charge is 0.101 e. The molecule has 0 aliphatic heterocycles. The highest BCUT2D eigenvalue weighted by atomic mass is 15.0. The summed E-state index contributed by atoms with van der Waals surface area (Å²) < 4.78 is 0. The third kappa shape index (κ3) is 2.86. The maximum absolute atomic E-state index is 8.94. The first kappa shape index (κ1) is 10.8. The molecule has 0 radical (unpaired) electrons. The average Bonchev–Trinajstić information content (AvgIpc) is 2.26. The standard InChI is InChI=1S/C12H11N3/c1-15(2)9-12(8-14)11-5-3-10(7-13)4-6-11/h3-6,9H,1-2H3/b12-9-. The maximum atomic E-state index is 8.94. The molecule has 74 valence electrons. The van der Waals surface area contributed by atoms with E-state index in [0.29, 0.717) is 11.1 Å². The number of hydrogen-bond donors (Lipinski definition) is 0. The Morgan fingerprint density at radius 1 is 1.20 bits per heavy atom. The van der Waals surface area contributed by atoms with Gasteiger partial charge in [-0.05, 0) is 17.7 Å². The number of nitrogens with zero attached hydrogens (tertiary/aromatic N) is 3. The molecule has 0 aliphatic rings. The summed E-state index contributed by atoms with van der Waals surface area (Å²) in [6.07, 6.45) is 1.75. The largest absolute Gasteiger partial charge is 0.382 e. The van der Waals surface area contributed by atoms with Gasteiger partial charge >= 0.3 is 0 Å². The van der Waals surface area contributed by atoms with E-state index in [1.807, 2.05) is 25.1 Å². The second kappa shape index (κ2) is 4.83. The monoisotopic (exact) mass is 197 g/mol. The quantitative estimate of drug-likeness (QED) is 0.681. The van der Waals surface area contributed by atoms with Crippen molar-refractivity contribution in [2.45, 2.75) is 0 Å². The van der Waals surface area contributed by atoms with Crippen LogP contribution >= 0.6 is 0 Å². The Morgan fingerprint density at radius 3 is 2.20 bits per heavy atom. The van der Waals surface area contributed by atoms with Crippen molar-refractivity contribution in [3.05, 3.63) is 41.6 Å². The highest BCUT2D eigenvalue weighted by Gasteiger charge is 2.00. The number of hydrogen-bond acceptors (Lipinski definition) is 3. The second-order valence-corrected chi connectivity index (χ2v) is 3.31. The van der Waals surface area contributed by atoms with Crippen LogP contribution in [-0.2, 0) is 0 Å². The van der Waals surface area contributed by atoms with Gasteiger partial charge in [0.05, 0.1) is 17.2 Å². The first-order valence-electron chi connectivity index (χ1n) is 4.46. The second-order valence-electron chi connectivity index (χ2n) is 3.31. The van der Waals surface area contributed by atoms with E-state index in [2.05, 4.69) is 6.07 Å². The van der Waals surface area contributed by atoms with Crippen LogP contribution in [0.2, 0.25) is 0 Å². The van der Waals surface area contributed by atoms with Crippen molar-refractivity contribution >= 4 is 5.57 Å². The van der Waals surface area contributed by atoms with Gasteiger partial charge in [-0.3, -0.25) is 0 Å². The molecular formula is C12H11N3. The van der Waals surface area contributed by atoms with Crippen LogP contribution in [0.15, 0.2) is 30.5 Å². The van der Waals surface area contributed by atoms with Gasteiger partial charge in [0.1, 0.15) is 6.07 Å². The molecule has 0 spiro atoms. The maximum Gasteiger partial charge on any atom is 0.101 e. The fourth-order valence-corrected chi connectivity index (χ4v) is 1.15. The predicted octanol–water partition coefficient (Wildman–Crippen LogP) is 1.98. The third-order valence-corrected chi connectivity index (χ3v) is 1.83. The molecule has 0 aromatic heterocycles. The van der Waals surface area contributed by atoms with Crippen LogP contribution in [0.25, 0.3) is 5.57 Å². The lowest BCUT2D eigenvalue weighted by molar-refractivity contribution is 0.566. The van der Waals surface area contributed by atoms with Gasteiger partial charge in [0.2, 0.25) is 0 Å². The van der Waals surface area contributed by atoms with Gasteiger partial charge in [-0.15, -0.1) is 0 Å². The Balaban J connectivity index is 3.06. The van der Waals surface area contributed by atoms with Crippen LogP contribution in [0, 0.1) is 22.7 Å². The molecule has 1 aromatic rings. The molecular weight excluding hydrogens is 186 g/mol. The van der Waals surface area contributed by atoms with Crippen molar-refractivity contribution in [2.24, 2.45) is 0 Å². The highest BCUT2D eigenvalue weighted by molar-refractivity contribution is 5.76. The van der Waals surface area contributed by atoms with E-state index in [9.17, 15) is 0 Å². The Morgan fingerprint density at radius 2 is 1.80 bits per heavy atom. The van der Waals surface area contributed by atoms with Gasteiger partial charge in [0, 0.05) is 20.3 Å². The van der Waals surface area contributed by atoms with Gasteiger partial charge in [-0.25, -0.2) is 0 Å². The zero-order valence-electron chi connectivity index (χ0n) is 8.73. The van der Waals surface area contributed by atoms with E-state index in [-0.39, 0.29) is 0 Å². The first-order chi connectivity index (χ1) is 7.17. The minimum Gasteiger partial charge on any atom is -0.382 e. The number of allylic oxidation sites excluding steroid dienone is 1. The molecule has 1 rings (SSSR count). The molecule has 0 aliphatic carbocycles. The average molecular weight is 197 g/mol. The van der Waals surface area contributed by atoms with Crippen molar-refractivity contribution in [2.75, 3.05) is 14.1 Å². The summed E-state index contributed by atoms with van der Waals surface area (Å²) in [4.78, 5) is 1.82. The molecule has 0 amide bonds. The van der Waals surface area contributed by atoms with E-state index in [0.717, 1.165) is 5.56 Å². The lowest BCUT2D eigenvalue weighted by Crippen LogP contribution is -2.02. The van der Waals surface area contributed by atoms with E-state index in [1.54, 1.807) is 30.5 Å². The van der Waals surface area contributed by atoms with E-state index >= 15 is 0 Å². The van der Waals surface area contributed by atoms with Crippen molar-refractivity contribution < 1.29 is 0 Å². The molecule has 0 bridgehead atoms. The van der Waals surface area contributed by atoms with Gasteiger partial charge in [-0.2, -0.15) is 10.5 Å². The van der Waals surface area contributed by atoms with Crippen molar-refractivity contribution in [1.82, 2.24) is 4.90 Å². The fourth-order valence-electron chi connectivity index (χ4n) is 1.15. The summed E-state index contributed by atoms with van der Waals surface area (Å²) in [7, 11) is 3.72. The zero-order valence-corrected chi connectivity index (χ0v) is 8.73. The SMILES string of the molecule is CN(C)/C=C(/C#N)c1ccc(C#N)cc1. The molecule has 0 N–H and O–H groups in total. The fraction of sp³-hybridized carbons (Fsp3) is 0.167. The molecule has 0 atom stereocenters. The number of benzene rings is 1. The minimum absolute atomic E-state index is 0.587. The van der Waals surface area contributed by atoms with E-state index < -0.39 is 0 Å². The van der Waals surface area contributed by atoms with Crippen LogP contribution in [0.5, 0.6) is 0 Å². The molecule has 0 saturated heterocycles. The number of nitriles is 2. The summed E-state index contributed by atoms with van der Waals surface area (Å²) in [5.74, 6) is 0. The summed E-state index contributed by atoms with van der Waals surface area (Å²) in [6.45, 7) is 0. The Hall–Kier alpha value is -2.26. The summed E-state index contributed by atoms with van der Waals surface area (Å²) in [5.41, 5.74) is 2.01. The molecule has 0 saturated carbocycles. The van der Waals surface area contributed by atoms with Gasteiger partial charge in [-0.1, -0.05) is 12.1 Å². The molecule has 0 unspecified atom stereocenters. The van der Waals surface area contributed by atoms with Crippen LogP contribution in [0.1, 0.15) is 11.1 Å². The van der Waals surface area contributed by atoms with Gasteiger partial charge in [0.15, 0.2) is 0 Å². The molecule has 0 heterocycles. The molecule has 1 aromatic carbocycles. The Bertz CT molecular complexity index is 441. The lowest BCUT2D eigenvalue weighted by Gasteiger charge is -2.06. The van der Waals surface area contributed by atoms with Crippen LogP contribution in [0.4, 0.5) is 0 Å². The minimum atomic E-state index is 0.587. The highest BCUT2D eigenvalue weighted by Crippen LogP contribution is 2.14. The lowest BCUT2D eigenvalue weighted by atomic mass is 10.1. The predicted molar refractivity (Wildman–Crippen MR) is 58.4 cm³/mol. The zero-order chi connectivity index (χ0) is 11.3. The third-order valence-electron chi connectivity index (χ3n) is 1.83. The normalized spacial score (nSPS) is 10.3. The van der Waals surface area contributed by atoms with Gasteiger partial charge < -0.3 is 4.90 Å². The van der Waals surface area contributed by atoms with Crippen molar-refractivity contribution in [3.63, 3.8) is 0 Å². The Kier molecular flexibility index (Phi) is 3.49. The van der Waals surface area contributed by atoms with Crippen LogP contribution in [-0.4, -0.2) is 19.0 Å². The topological polar surface area (TPSA) is 50.8 Å². The molecule has 0 fully saturated rings. The number of rotatable bonds is 2. The summed E-state index contributed by atoms with van der Waals surface area (Å²) in [5, 5.41) is 17.6. The molecule has 15 heavy (non-hydrogen) atoms.